The number of H-pyrrole nitrogens is 2. The Labute approximate surface area is 165 Å². The zero-order valence-corrected chi connectivity index (χ0v) is 16.0. The van der Waals surface area contributed by atoms with E-state index in [1.54, 1.807) is 17.0 Å². The third-order valence-corrected chi connectivity index (χ3v) is 5.93. The average Bonchev–Trinajstić information content (AvgIpc) is 3.36. The predicted octanol–water partition coefficient (Wildman–Crippen LogP) is 4.23. The summed E-state index contributed by atoms with van der Waals surface area (Å²) in [6.45, 7) is 2.45. The van der Waals surface area contributed by atoms with Crippen molar-refractivity contribution in [2.24, 2.45) is 0 Å². The predicted molar refractivity (Wildman–Crippen MR) is 113 cm³/mol. The molecule has 0 aliphatic carbocycles. The molecule has 7 heteroatoms. The molecule has 0 radical (unpaired) electrons. The third-order valence-electron chi connectivity index (χ3n) is 5.56. The van der Waals surface area contributed by atoms with E-state index in [0.29, 0.717) is 35.0 Å². The Kier molecular flexibility index (Phi) is 3.61. The number of rotatable bonds is 2. The highest BCUT2D eigenvalue weighted by Gasteiger charge is 2.36. The Balaban J connectivity index is 1.66. The first kappa shape index (κ1) is 17.0. The van der Waals surface area contributed by atoms with Crippen LogP contribution in [0, 0.1) is 6.92 Å². The van der Waals surface area contributed by atoms with Gasteiger partial charge in [-0.1, -0.05) is 0 Å². The number of phenolic OH excluding ortho intramolecular Hbond substituents is 1. The summed E-state index contributed by atoms with van der Waals surface area (Å²) in [4.78, 5) is 21.3. The molecule has 0 fully saturated rings. The number of aryl methyl sites for hydroxylation is 1. The van der Waals surface area contributed by atoms with E-state index in [-0.39, 0.29) is 17.6 Å². The van der Waals surface area contributed by atoms with Crippen molar-refractivity contribution < 1.29 is 9.90 Å². The SMILES string of the molecule is Cc1c[nH]c2c(O)cc3c(c12)[C@H](CCl)CN3C(=O)c1cc2cc(N)ccc2[nH]1. The quantitative estimate of drug-likeness (QED) is 0.302. The first-order valence-corrected chi connectivity index (χ1v) is 9.61. The van der Waals surface area contributed by atoms with Gasteiger partial charge in [-0.05, 0) is 42.3 Å². The number of fused-ring (bicyclic) bond motifs is 4. The first-order valence-electron chi connectivity index (χ1n) is 9.07. The molecule has 4 aromatic rings. The summed E-state index contributed by atoms with van der Waals surface area (Å²) in [5.74, 6) is 0.359. The van der Waals surface area contributed by atoms with Crippen molar-refractivity contribution in [1.29, 1.82) is 0 Å². The molecule has 1 aliphatic heterocycles. The highest BCUT2D eigenvalue weighted by molar-refractivity contribution is 6.19. The normalized spacial score (nSPS) is 16.2. The van der Waals surface area contributed by atoms with E-state index in [4.69, 9.17) is 17.3 Å². The molecule has 1 amide bonds. The third kappa shape index (κ3) is 2.31. The number of phenols is 1. The number of amides is 1. The van der Waals surface area contributed by atoms with E-state index >= 15 is 0 Å². The number of carbonyl (C=O) groups is 1. The Hall–Kier alpha value is -3.12. The van der Waals surface area contributed by atoms with Crippen LogP contribution >= 0.6 is 11.6 Å². The van der Waals surface area contributed by atoms with Crippen molar-refractivity contribution in [2.45, 2.75) is 12.8 Å². The van der Waals surface area contributed by atoms with Crippen LogP contribution in [-0.2, 0) is 0 Å². The number of hydrogen-bond donors (Lipinski definition) is 4. The summed E-state index contributed by atoms with van der Waals surface area (Å²) in [6.07, 6.45) is 1.86. The van der Waals surface area contributed by atoms with Crippen molar-refractivity contribution in [3.05, 3.63) is 53.3 Å². The number of benzene rings is 2. The first-order chi connectivity index (χ1) is 13.5. The molecule has 0 spiro atoms. The van der Waals surface area contributed by atoms with Crippen LogP contribution in [0.2, 0.25) is 0 Å². The fourth-order valence-corrected chi connectivity index (χ4v) is 4.51. The van der Waals surface area contributed by atoms with Gasteiger partial charge in [-0.25, -0.2) is 0 Å². The Morgan fingerprint density at radius 3 is 2.96 bits per heavy atom. The number of hydrogen-bond acceptors (Lipinski definition) is 3. The maximum Gasteiger partial charge on any atom is 0.274 e. The van der Waals surface area contributed by atoms with Crippen molar-refractivity contribution in [2.75, 3.05) is 23.1 Å². The summed E-state index contributed by atoms with van der Waals surface area (Å²) in [6, 6.07) is 8.95. The van der Waals surface area contributed by atoms with Crippen LogP contribution in [0.4, 0.5) is 11.4 Å². The summed E-state index contributed by atoms with van der Waals surface area (Å²) >= 11 is 6.26. The highest BCUT2D eigenvalue weighted by atomic mass is 35.5. The van der Waals surface area contributed by atoms with Crippen LogP contribution in [0.5, 0.6) is 5.75 Å². The topological polar surface area (TPSA) is 98.1 Å². The highest BCUT2D eigenvalue weighted by Crippen LogP contribution is 2.46. The lowest BCUT2D eigenvalue weighted by molar-refractivity contribution is 0.0984. The minimum atomic E-state index is -0.157. The van der Waals surface area contributed by atoms with E-state index in [1.165, 1.54) is 0 Å². The number of aromatic nitrogens is 2. The van der Waals surface area contributed by atoms with E-state index < -0.39 is 0 Å². The molecule has 1 aliphatic rings. The van der Waals surface area contributed by atoms with Crippen LogP contribution in [0.25, 0.3) is 21.8 Å². The smallest absolute Gasteiger partial charge is 0.274 e. The molecule has 142 valence electrons. The standard InChI is InChI=1S/C21H19ClN4O2/c1-10-8-24-20-17(27)6-16-19(18(10)20)12(7-22)9-26(16)21(28)15-5-11-4-13(23)2-3-14(11)25-15/h2-6,8,12,24-25,27H,7,9,23H2,1H3/t12-/m1/s1. The number of carbonyl (C=O) groups excluding carboxylic acids is 1. The number of aromatic hydroxyl groups is 1. The van der Waals surface area contributed by atoms with E-state index in [9.17, 15) is 9.90 Å². The molecule has 2 aromatic carbocycles. The van der Waals surface area contributed by atoms with Gasteiger partial charge in [0.15, 0.2) is 0 Å². The maximum atomic E-state index is 13.3. The molecule has 0 bridgehead atoms. The number of halogens is 1. The minimum absolute atomic E-state index is 0.00163. The van der Waals surface area contributed by atoms with Crippen molar-refractivity contribution >= 4 is 50.7 Å². The molecule has 5 rings (SSSR count). The molecule has 2 aromatic heterocycles. The van der Waals surface area contributed by atoms with Gasteiger partial charge < -0.3 is 25.7 Å². The molecule has 1 atom stereocenters. The Morgan fingerprint density at radius 2 is 2.18 bits per heavy atom. The number of nitrogen functional groups attached to an aromatic ring is 1. The van der Waals surface area contributed by atoms with Gasteiger partial charge in [-0.2, -0.15) is 0 Å². The number of nitrogens with two attached hydrogens (primary N) is 1. The van der Waals surface area contributed by atoms with Crippen molar-refractivity contribution in [3.63, 3.8) is 0 Å². The van der Waals surface area contributed by atoms with E-state index in [1.807, 2.05) is 31.3 Å². The van der Waals surface area contributed by atoms with Gasteiger partial charge in [-0.3, -0.25) is 4.79 Å². The number of nitrogens with one attached hydrogen (secondary N) is 2. The lowest BCUT2D eigenvalue weighted by Gasteiger charge is -2.17. The fraction of sp³-hybridized carbons (Fsp3) is 0.190. The molecule has 3 heterocycles. The van der Waals surface area contributed by atoms with Crippen LogP contribution in [0.3, 0.4) is 0 Å². The second kappa shape index (κ2) is 5.94. The molecule has 6 nitrogen and oxygen atoms in total. The monoisotopic (exact) mass is 394 g/mol. The van der Waals surface area contributed by atoms with Crippen LogP contribution in [-0.4, -0.2) is 33.4 Å². The molecule has 28 heavy (non-hydrogen) atoms. The van der Waals surface area contributed by atoms with Crippen LogP contribution in [0.15, 0.2) is 36.5 Å². The molecular formula is C21H19ClN4O2. The largest absolute Gasteiger partial charge is 0.506 e. The molecule has 5 N–H and O–H groups in total. The summed E-state index contributed by atoms with van der Waals surface area (Å²) in [5, 5.41) is 12.3. The lowest BCUT2D eigenvalue weighted by atomic mass is 9.97. The number of aromatic amines is 2. The molecular weight excluding hydrogens is 376 g/mol. The van der Waals surface area contributed by atoms with Gasteiger partial charge in [0.2, 0.25) is 0 Å². The van der Waals surface area contributed by atoms with Crippen LogP contribution < -0.4 is 10.6 Å². The van der Waals surface area contributed by atoms with E-state index in [2.05, 4.69) is 9.97 Å². The van der Waals surface area contributed by atoms with Gasteiger partial charge in [0.05, 0.1) is 11.2 Å². The van der Waals surface area contributed by atoms with E-state index in [0.717, 1.165) is 27.4 Å². The van der Waals surface area contributed by atoms with Gasteiger partial charge >= 0.3 is 0 Å². The van der Waals surface area contributed by atoms with Crippen LogP contribution in [0.1, 0.15) is 27.5 Å². The zero-order valence-electron chi connectivity index (χ0n) is 15.2. The number of nitrogens with zero attached hydrogens (tertiary/aromatic N) is 1. The summed E-state index contributed by atoms with van der Waals surface area (Å²) in [7, 11) is 0. The lowest BCUT2D eigenvalue weighted by Crippen LogP contribution is -2.30. The summed E-state index contributed by atoms with van der Waals surface area (Å²) < 4.78 is 0. The molecule has 0 unspecified atom stereocenters. The molecule has 0 saturated carbocycles. The van der Waals surface area contributed by atoms with Gasteiger partial charge in [0.1, 0.15) is 11.4 Å². The van der Waals surface area contributed by atoms with Gasteiger partial charge in [-0.15, -0.1) is 11.6 Å². The number of alkyl halides is 1. The Bertz CT molecular complexity index is 1260. The molecule has 0 saturated heterocycles. The number of anilines is 2. The minimum Gasteiger partial charge on any atom is -0.506 e. The zero-order chi connectivity index (χ0) is 19.6. The van der Waals surface area contributed by atoms with Crippen molar-refractivity contribution in [3.8, 4) is 5.75 Å². The second-order valence-electron chi connectivity index (χ2n) is 7.35. The summed E-state index contributed by atoms with van der Waals surface area (Å²) in [5.41, 5.74) is 11.3. The van der Waals surface area contributed by atoms with Crippen molar-refractivity contribution in [1.82, 2.24) is 9.97 Å². The fourth-order valence-electron chi connectivity index (χ4n) is 4.26. The van der Waals surface area contributed by atoms with Gasteiger partial charge in [0, 0.05) is 52.6 Å². The van der Waals surface area contributed by atoms with Gasteiger partial charge in [0.25, 0.3) is 5.91 Å². The second-order valence-corrected chi connectivity index (χ2v) is 7.66. The average molecular weight is 395 g/mol. The Morgan fingerprint density at radius 1 is 1.36 bits per heavy atom. The maximum absolute atomic E-state index is 13.3.